The standard InChI is InChI=1S/C20H23F3N2O/c1-19(2,3)14-7-9-16(10-8-14)24-12-11-18(26)25-17-6-4-5-15(13-17)20(21,22)23/h4-10,13,24H,11-12H2,1-3H3,(H,25,26). The van der Waals surface area contributed by atoms with Crippen LogP contribution in [-0.2, 0) is 16.4 Å². The maximum atomic E-state index is 12.7. The van der Waals surface area contributed by atoms with Gasteiger partial charge in [-0.3, -0.25) is 4.79 Å². The van der Waals surface area contributed by atoms with E-state index in [9.17, 15) is 18.0 Å². The Kier molecular flexibility index (Phi) is 5.95. The van der Waals surface area contributed by atoms with E-state index in [-0.39, 0.29) is 23.4 Å². The van der Waals surface area contributed by atoms with Gasteiger partial charge in [-0.05, 0) is 41.3 Å². The van der Waals surface area contributed by atoms with Crippen molar-refractivity contribution in [2.24, 2.45) is 0 Å². The van der Waals surface area contributed by atoms with Crippen molar-refractivity contribution in [3.8, 4) is 0 Å². The SMILES string of the molecule is CC(C)(C)c1ccc(NCCC(=O)Nc2cccc(C(F)(F)F)c2)cc1. The van der Waals surface area contributed by atoms with Crippen molar-refractivity contribution >= 4 is 17.3 Å². The Balaban J connectivity index is 1.84. The minimum absolute atomic E-state index is 0.0728. The summed E-state index contributed by atoms with van der Waals surface area (Å²) < 4.78 is 38.0. The van der Waals surface area contributed by atoms with Crippen LogP contribution >= 0.6 is 0 Å². The number of carbonyl (C=O) groups is 1. The highest BCUT2D eigenvalue weighted by molar-refractivity contribution is 5.91. The molecule has 2 aromatic carbocycles. The summed E-state index contributed by atoms with van der Waals surface area (Å²) in [7, 11) is 0. The van der Waals surface area contributed by atoms with E-state index in [0.717, 1.165) is 17.8 Å². The average molecular weight is 364 g/mol. The molecule has 6 heteroatoms. The van der Waals surface area contributed by atoms with Gasteiger partial charge in [-0.1, -0.05) is 39.0 Å². The van der Waals surface area contributed by atoms with Gasteiger partial charge >= 0.3 is 6.18 Å². The number of carbonyl (C=O) groups excluding carboxylic acids is 1. The Labute approximate surface area is 151 Å². The highest BCUT2D eigenvalue weighted by atomic mass is 19.4. The molecule has 2 N–H and O–H groups in total. The van der Waals surface area contributed by atoms with Crippen LogP contribution in [0.1, 0.15) is 38.3 Å². The van der Waals surface area contributed by atoms with Crippen LogP contribution in [0, 0.1) is 0 Å². The van der Waals surface area contributed by atoms with Gasteiger partial charge in [0, 0.05) is 24.3 Å². The van der Waals surface area contributed by atoms with Crippen LogP contribution in [0.3, 0.4) is 0 Å². The van der Waals surface area contributed by atoms with Gasteiger partial charge in [0.1, 0.15) is 0 Å². The molecule has 0 aliphatic heterocycles. The van der Waals surface area contributed by atoms with Crippen LogP contribution in [0.15, 0.2) is 48.5 Å². The minimum Gasteiger partial charge on any atom is -0.385 e. The zero-order valence-corrected chi connectivity index (χ0v) is 15.1. The molecule has 0 radical (unpaired) electrons. The van der Waals surface area contributed by atoms with E-state index in [2.05, 4.69) is 31.4 Å². The molecule has 0 bridgehead atoms. The normalized spacial score (nSPS) is 11.9. The number of hydrogen-bond donors (Lipinski definition) is 2. The lowest BCUT2D eigenvalue weighted by Gasteiger charge is -2.19. The summed E-state index contributed by atoms with van der Waals surface area (Å²) in [6.07, 6.45) is -4.28. The fourth-order valence-electron chi connectivity index (χ4n) is 2.41. The topological polar surface area (TPSA) is 41.1 Å². The number of anilines is 2. The van der Waals surface area contributed by atoms with Crippen molar-refractivity contribution in [2.75, 3.05) is 17.2 Å². The molecule has 0 fully saturated rings. The molecule has 0 saturated heterocycles. The molecule has 140 valence electrons. The van der Waals surface area contributed by atoms with Crippen molar-refractivity contribution in [1.82, 2.24) is 0 Å². The first-order valence-electron chi connectivity index (χ1n) is 8.37. The van der Waals surface area contributed by atoms with Crippen molar-refractivity contribution in [3.05, 3.63) is 59.7 Å². The molecule has 0 spiro atoms. The van der Waals surface area contributed by atoms with Crippen LogP contribution in [0.2, 0.25) is 0 Å². The van der Waals surface area contributed by atoms with Crippen LogP contribution in [0.5, 0.6) is 0 Å². The van der Waals surface area contributed by atoms with E-state index in [0.29, 0.717) is 6.54 Å². The molecular formula is C20H23F3N2O. The van der Waals surface area contributed by atoms with Gasteiger partial charge in [-0.15, -0.1) is 0 Å². The first-order valence-corrected chi connectivity index (χ1v) is 8.37. The Hall–Kier alpha value is -2.50. The van der Waals surface area contributed by atoms with Crippen molar-refractivity contribution in [2.45, 2.75) is 38.8 Å². The fraction of sp³-hybridized carbons (Fsp3) is 0.350. The number of alkyl halides is 3. The molecule has 2 rings (SSSR count). The van der Waals surface area contributed by atoms with Gasteiger partial charge in [-0.2, -0.15) is 13.2 Å². The predicted molar refractivity (Wildman–Crippen MR) is 98.3 cm³/mol. The number of hydrogen-bond acceptors (Lipinski definition) is 2. The van der Waals surface area contributed by atoms with E-state index in [1.165, 1.54) is 17.7 Å². The van der Waals surface area contributed by atoms with E-state index < -0.39 is 11.7 Å². The Morgan fingerprint density at radius 1 is 0.923 bits per heavy atom. The van der Waals surface area contributed by atoms with E-state index in [4.69, 9.17) is 0 Å². The zero-order chi connectivity index (χ0) is 19.4. The molecule has 0 aliphatic rings. The molecule has 1 amide bonds. The lowest BCUT2D eigenvalue weighted by atomic mass is 9.87. The van der Waals surface area contributed by atoms with Gasteiger partial charge in [0.05, 0.1) is 5.56 Å². The highest BCUT2D eigenvalue weighted by Gasteiger charge is 2.30. The molecule has 0 heterocycles. The summed E-state index contributed by atoms with van der Waals surface area (Å²) in [5.41, 5.74) is 1.53. The van der Waals surface area contributed by atoms with Gasteiger partial charge in [0.25, 0.3) is 0 Å². The molecule has 0 saturated carbocycles. The first kappa shape index (κ1) is 19.8. The molecule has 26 heavy (non-hydrogen) atoms. The summed E-state index contributed by atoms with van der Waals surface area (Å²) >= 11 is 0. The fourth-order valence-corrected chi connectivity index (χ4v) is 2.41. The predicted octanol–water partition coefficient (Wildman–Crippen LogP) is 5.44. The van der Waals surface area contributed by atoms with Gasteiger partial charge in [-0.25, -0.2) is 0 Å². The zero-order valence-electron chi connectivity index (χ0n) is 15.1. The monoisotopic (exact) mass is 364 g/mol. The summed E-state index contributed by atoms with van der Waals surface area (Å²) in [4.78, 5) is 11.9. The first-order chi connectivity index (χ1) is 12.1. The number of nitrogens with one attached hydrogen (secondary N) is 2. The quantitative estimate of drug-likeness (QED) is 0.741. The largest absolute Gasteiger partial charge is 0.416 e. The molecule has 3 nitrogen and oxygen atoms in total. The molecule has 2 aromatic rings. The summed E-state index contributed by atoms with van der Waals surface area (Å²) in [6, 6.07) is 12.6. The smallest absolute Gasteiger partial charge is 0.385 e. The second kappa shape index (κ2) is 7.81. The van der Waals surface area contributed by atoms with Crippen LogP contribution < -0.4 is 10.6 Å². The molecular weight excluding hydrogens is 341 g/mol. The van der Waals surface area contributed by atoms with Crippen molar-refractivity contribution in [1.29, 1.82) is 0 Å². The minimum atomic E-state index is -4.43. The third-order valence-corrected chi connectivity index (χ3v) is 3.91. The third kappa shape index (κ3) is 5.79. The summed E-state index contributed by atoms with van der Waals surface area (Å²) in [5, 5.41) is 5.63. The van der Waals surface area contributed by atoms with Gasteiger partial charge in [0.2, 0.25) is 5.91 Å². The van der Waals surface area contributed by atoms with E-state index in [1.807, 2.05) is 24.3 Å². The van der Waals surface area contributed by atoms with Crippen LogP contribution in [0.4, 0.5) is 24.5 Å². The number of amides is 1. The lowest BCUT2D eigenvalue weighted by molar-refractivity contribution is -0.137. The Bertz CT molecular complexity index is 747. The van der Waals surface area contributed by atoms with Gasteiger partial charge in [0.15, 0.2) is 0 Å². The van der Waals surface area contributed by atoms with Crippen LogP contribution in [-0.4, -0.2) is 12.5 Å². The van der Waals surface area contributed by atoms with Crippen molar-refractivity contribution in [3.63, 3.8) is 0 Å². The second-order valence-corrected chi connectivity index (χ2v) is 7.13. The van der Waals surface area contributed by atoms with Crippen molar-refractivity contribution < 1.29 is 18.0 Å². The Morgan fingerprint density at radius 3 is 2.15 bits per heavy atom. The number of benzene rings is 2. The van der Waals surface area contributed by atoms with E-state index >= 15 is 0 Å². The molecule has 0 aromatic heterocycles. The second-order valence-electron chi connectivity index (χ2n) is 7.13. The number of halogens is 3. The highest BCUT2D eigenvalue weighted by Crippen LogP contribution is 2.30. The maximum absolute atomic E-state index is 12.7. The van der Waals surface area contributed by atoms with Crippen LogP contribution in [0.25, 0.3) is 0 Å². The average Bonchev–Trinajstić information content (AvgIpc) is 2.54. The van der Waals surface area contributed by atoms with Gasteiger partial charge < -0.3 is 10.6 Å². The molecule has 0 atom stereocenters. The van der Waals surface area contributed by atoms with E-state index in [1.54, 1.807) is 0 Å². The molecule has 0 aliphatic carbocycles. The number of rotatable bonds is 5. The Morgan fingerprint density at radius 2 is 1.58 bits per heavy atom. The molecule has 0 unspecified atom stereocenters. The summed E-state index contributed by atoms with van der Waals surface area (Å²) in [5.74, 6) is -0.344. The third-order valence-electron chi connectivity index (χ3n) is 3.91. The summed E-state index contributed by atoms with van der Waals surface area (Å²) in [6.45, 7) is 6.79. The lowest BCUT2D eigenvalue weighted by Crippen LogP contribution is -2.17. The maximum Gasteiger partial charge on any atom is 0.416 e.